The van der Waals surface area contributed by atoms with Crippen LogP contribution in [0.3, 0.4) is 0 Å². The molecule has 0 saturated carbocycles. The summed E-state index contributed by atoms with van der Waals surface area (Å²) in [6.45, 7) is 1.00. The van der Waals surface area contributed by atoms with E-state index in [1.807, 2.05) is 12.1 Å². The third-order valence-corrected chi connectivity index (χ3v) is 4.12. The molecule has 1 N–H and O–H groups in total. The van der Waals surface area contributed by atoms with Gasteiger partial charge in [0.05, 0.1) is 5.52 Å². The zero-order valence-corrected chi connectivity index (χ0v) is 11.8. The molecule has 0 unspecified atom stereocenters. The van der Waals surface area contributed by atoms with Crippen molar-refractivity contribution in [3.63, 3.8) is 0 Å². The van der Waals surface area contributed by atoms with Crippen LogP contribution in [-0.4, -0.2) is 16.8 Å². The van der Waals surface area contributed by atoms with Gasteiger partial charge in [-0.25, -0.2) is 9.97 Å². The second-order valence-electron chi connectivity index (χ2n) is 5.58. The second kappa shape index (κ2) is 4.34. The zero-order chi connectivity index (χ0) is 14.5. The molecular formula is C17H13N3O2. The zero-order valence-electron chi connectivity index (χ0n) is 11.8. The average Bonchev–Trinajstić information content (AvgIpc) is 3.18. The predicted octanol–water partition coefficient (Wildman–Crippen LogP) is 2.87. The van der Waals surface area contributed by atoms with Crippen molar-refractivity contribution < 1.29 is 9.47 Å². The largest absolute Gasteiger partial charge is 0.454 e. The van der Waals surface area contributed by atoms with Gasteiger partial charge in [-0.3, -0.25) is 0 Å². The van der Waals surface area contributed by atoms with E-state index < -0.39 is 0 Å². The van der Waals surface area contributed by atoms with Crippen molar-refractivity contribution in [3.8, 4) is 11.5 Å². The van der Waals surface area contributed by atoms with Gasteiger partial charge in [-0.2, -0.15) is 0 Å². The van der Waals surface area contributed by atoms with Crippen LogP contribution in [0.25, 0.3) is 10.9 Å². The fraction of sp³-hybridized carbons (Fsp3) is 0.176. The van der Waals surface area contributed by atoms with Gasteiger partial charge in [-0.15, -0.1) is 0 Å². The first-order valence-electron chi connectivity index (χ1n) is 7.26. The van der Waals surface area contributed by atoms with E-state index in [4.69, 9.17) is 9.47 Å². The normalized spacial score (nSPS) is 14.0. The van der Waals surface area contributed by atoms with E-state index in [0.717, 1.165) is 41.2 Å². The third kappa shape index (κ3) is 1.86. The van der Waals surface area contributed by atoms with Gasteiger partial charge in [-0.1, -0.05) is 18.2 Å². The van der Waals surface area contributed by atoms with Gasteiger partial charge in [0.15, 0.2) is 11.5 Å². The number of rotatable bonds is 3. The predicted molar refractivity (Wildman–Crippen MR) is 82.2 cm³/mol. The standard InChI is InChI=1S/C17H13N3O2/c1-2-11-4-12(11)3-10(1)7-18-17-13-5-15-16(22-9-21-15)6-14(13)19-8-20-17/h1-3,5-6,8H,4,7,9H2,(H,18,19,20). The van der Waals surface area contributed by atoms with Crippen molar-refractivity contribution in [2.75, 3.05) is 12.1 Å². The Kier molecular flexibility index (Phi) is 2.33. The Labute approximate surface area is 126 Å². The van der Waals surface area contributed by atoms with E-state index in [0.29, 0.717) is 0 Å². The molecule has 0 fully saturated rings. The molecule has 0 saturated heterocycles. The van der Waals surface area contributed by atoms with Crippen LogP contribution in [0.1, 0.15) is 16.7 Å². The summed E-state index contributed by atoms with van der Waals surface area (Å²) in [6.07, 6.45) is 2.71. The van der Waals surface area contributed by atoms with Crippen molar-refractivity contribution in [2.45, 2.75) is 13.0 Å². The molecule has 2 aliphatic rings. The number of fused-ring (bicyclic) bond motifs is 3. The minimum absolute atomic E-state index is 0.261. The Balaban J connectivity index is 1.48. The van der Waals surface area contributed by atoms with Crippen LogP contribution < -0.4 is 14.8 Å². The van der Waals surface area contributed by atoms with E-state index in [2.05, 4.69) is 33.5 Å². The fourth-order valence-corrected chi connectivity index (χ4v) is 2.83. The molecule has 2 aromatic carbocycles. The van der Waals surface area contributed by atoms with Crippen LogP contribution in [0.2, 0.25) is 0 Å². The Hall–Kier alpha value is -2.82. The van der Waals surface area contributed by atoms with Crippen LogP contribution in [-0.2, 0) is 13.0 Å². The highest BCUT2D eigenvalue weighted by Gasteiger charge is 2.18. The first-order chi connectivity index (χ1) is 10.9. The van der Waals surface area contributed by atoms with E-state index >= 15 is 0 Å². The number of nitrogens with one attached hydrogen (secondary N) is 1. The Morgan fingerprint density at radius 3 is 2.82 bits per heavy atom. The summed E-state index contributed by atoms with van der Waals surface area (Å²) in [5.74, 6) is 2.30. The van der Waals surface area contributed by atoms with Crippen molar-refractivity contribution in [1.82, 2.24) is 9.97 Å². The molecule has 2 heterocycles. The van der Waals surface area contributed by atoms with Gasteiger partial charge >= 0.3 is 0 Å². The highest BCUT2D eigenvalue weighted by molar-refractivity contribution is 5.91. The SMILES string of the molecule is c1nc(NCc2ccc3c(c2)C3)c2cc3c(cc2n1)OCO3. The van der Waals surface area contributed by atoms with Crippen molar-refractivity contribution in [3.05, 3.63) is 53.3 Å². The van der Waals surface area contributed by atoms with Crippen molar-refractivity contribution in [1.29, 1.82) is 0 Å². The molecule has 1 aromatic heterocycles. The topological polar surface area (TPSA) is 56.3 Å². The molecule has 5 nitrogen and oxygen atoms in total. The van der Waals surface area contributed by atoms with Gasteiger partial charge < -0.3 is 14.8 Å². The molecule has 0 atom stereocenters. The Bertz CT molecular complexity index is 908. The van der Waals surface area contributed by atoms with E-state index in [1.165, 1.54) is 16.7 Å². The quantitative estimate of drug-likeness (QED) is 0.629. The molecule has 108 valence electrons. The molecular weight excluding hydrogens is 278 g/mol. The first-order valence-corrected chi connectivity index (χ1v) is 7.26. The van der Waals surface area contributed by atoms with E-state index in [1.54, 1.807) is 6.33 Å². The van der Waals surface area contributed by atoms with Crippen LogP contribution in [0.15, 0.2) is 36.7 Å². The molecule has 0 radical (unpaired) electrons. The monoisotopic (exact) mass is 291 g/mol. The fourth-order valence-electron chi connectivity index (χ4n) is 2.83. The molecule has 5 rings (SSSR count). The summed E-state index contributed by atoms with van der Waals surface area (Å²) >= 11 is 0. The lowest BCUT2D eigenvalue weighted by atomic mass is 10.2. The maximum absolute atomic E-state index is 5.44. The number of nitrogens with zero attached hydrogens (tertiary/aromatic N) is 2. The van der Waals surface area contributed by atoms with Crippen LogP contribution in [0.4, 0.5) is 5.82 Å². The van der Waals surface area contributed by atoms with E-state index in [9.17, 15) is 0 Å². The van der Waals surface area contributed by atoms with Gasteiger partial charge in [0.2, 0.25) is 6.79 Å². The number of hydrogen-bond acceptors (Lipinski definition) is 5. The summed E-state index contributed by atoms with van der Waals surface area (Å²) in [5, 5.41) is 4.34. The Morgan fingerprint density at radius 2 is 1.91 bits per heavy atom. The van der Waals surface area contributed by atoms with Gasteiger partial charge in [0.1, 0.15) is 12.1 Å². The first kappa shape index (κ1) is 11.8. The van der Waals surface area contributed by atoms with Crippen molar-refractivity contribution in [2.24, 2.45) is 0 Å². The number of benzene rings is 2. The highest BCUT2D eigenvalue weighted by Crippen LogP contribution is 2.37. The summed E-state index contributed by atoms with van der Waals surface area (Å²) in [7, 11) is 0. The summed E-state index contributed by atoms with van der Waals surface area (Å²) in [6, 6.07) is 10.4. The number of anilines is 1. The minimum atomic E-state index is 0.261. The lowest BCUT2D eigenvalue weighted by molar-refractivity contribution is 0.174. The summed E-state index contributed by atoms with van der Waals surface area (Å²) in [5.41, 5.74) is 5.03. The lowest BCUT2D eigenvalue weighted by Gasteiger charge is -2.09. The molecule has 1 aliphatic heterocycles. The second-order valence-corrected chi connectivity index (χ2v) is 5.58. The number of aromatic nitrogens is 2. The summed E-state index contributed by atoms with van der Waals surface area (Å²) in [4.78, 5) is 8.67. The Morgan fingerprint density at radius 1 is 1.00 bits per heavy atom. The van der Waals surface area contributed by atoms with Crippen molar-refractivity contribution >= 4 is 16.7 Å². The van der Waals surface area contributed by atoms with Crippen LogP contribution >= 0.6 is 0 Å². The van der Waals surface area contributed by atoms with Crippen LogP contribution in [0, 0.1) is 0 Å². The number of hydrogen-bond donors (Lipinski definition) is 1. The molecule has 0 spiro atoms. The van der Waals surface area contributed by atoms with Gasteiger partial charge in [0.25, 0.3) is 0 Å². The maximum Gasteiger partial charge on any atom is 0.231 e. The molecule has 3 aromatic rings. The molecule has 0 bridgehead atoms. The summed E-state index contributed by atoms with van der Waals surface area (Å²) < 4.78 is 10.8. The average molecular weight is 291 g/mol. The third-order valence-electron chi connectivity index (χ3n) is 4.12. The smallest absolute Gasteiger partial charge is 0.231 e. The van der Waals surface area contributed by atoms with Gasteiger partial charge in [-0.05, 0) is 29.2 Å². The molecule has 5 heteroatoms. The maximum atomic E-state index is 5.44. The van der Waals surface area contributed by atoms with Crippen LogP contribution in [0.5, 0.6) is 11.5 Å². The molecule has 1 aliphatic carbocycles. The highest BCUT2D eigenvalue weighted by atomic mass is 16.7. The van der Waals surface area contributed by atoms with Gasteiger partial charge in [0, 0.05) is 18.0 Å². The molecule has 22 heavy (non-hydrogen) atoms. The lowest BCUT2D eigenvalue weighted by Crippen LogP contribution is -2.02. The molecule has 0 amide bonds. The number of ether oxygens (including phenoxy) is 2. The van der Waals surface area contributed by atoms with E-state index in [-0.39, 0.29) is 6.79 Å². The minimum Gasteiger partial charge on any atom is -0.454 e.